The minimum atomic E-state index is -0.153. The van der Waals surface area contributed by atoms with Gasteiger partial charge < -0.3 is 29.2 Å². The van der Waals surface area contributed by atoms with E-state index in [4.69, 9.17) is 24.0 Å². The van der Waals surface area contributed by atoms with Crippen LogP contribution in [0.2, 0.25) is 0 Å². The van der Waals surface area contributed by atoms with Crippen LogP contribution in [0.3, 0.4) is 0 Å². The number of amides is 2. The second kappa shape index (κ2) is 17.5. The molecule has 1 N–H and O–H groups in total. The Balaban J connectivity index is 1.35. The zero-order valence-corrected chi connectivity index (χ0v) is 29.6. The van der Waals surface area contributed by atoms with Crippen molar-refractivity contribution in [2.24, 2.45) is 0 Å². The summed E-state index contributed by atoms with van der Waals surface area (Å²) in [6, 6.07) is 22.6. The minimum absolute atomic E-state index is 0.00678. The number of ether oxygens (including phenoxy) is 4. The van der Waals surface area contributed by atoms with E-state index in [0.29, 0.717) is 48.1 Å². The van der Waals surface area contributed by atoms with Crippen LogP contribution in [0.15, 0.2) is 72.8 Å². The Morgan fingerprint density at radius 3 is 2.26 bits per heavy atom. The van der Waals surface area contributed by atoms with Crippen molar-refractivity contribution in [2.75, 3.05) is 67.7 Å². The molecule has 0 bridgehead atoms. The molecule has 3 aromatic carbocycles. The van der Waals surface area contributed by atoms with Gasteiger partial charge >= 0.3 is 0 Å². The first kappa shape index (κ1) is 36.2. The number of methoxy groups -OCH3 is 2. The van der Waals surface area contributed by atoms with Gasteiger partial charge in [-0.3, -0.25) is 14.5 Å². The fourth-order valence-electron chi connectivity index (χ4n) is 5.76. The SMILES string of the molecule is COc1cc(C=C(C(=O)N(C)C)c2ccc(Oc3c(CCC(=O)NCCCN4CCOCC4)c(C)nn3-c3ccccc3)cc2)cc(OC)c1. The molecule has 264 valence electrons. The molecule has 11 heteroatoms. The Labute approximate surface area is 294 Å². The molecule has 2 heterocycles. The quantitative estimate of drug-likeness (QED) is 0.101. The third-order valence-electron chi connectivity index (χ3n) is 8.52. The predicted octanol–water partition coefficient (Wildman–Crippen LogP) is 5.39. The first-order valence-electron chi connectivity index (χ1n) is 16.9. The number of hydrogen-bond acceptors (Lipinski definition) is 8. The number of para-hydroxylation sites is 1. The molecule has 0 unspecified atom stereocenters. The van der Waals surface area contributed by atoms with Gasteiger partial charge in [0.05, 0.1) is 38.8 Å². The van der Waals surface area contributed by atoms with Gasteiger partial charge in [-0.1, -0.05) is 30.3 Å². The van der Waals surface area contributed by atoms with Gasteiger partial charge in [0.1, 0.15) is 17.2 Å². The van der Waals surface area contributed by atoms with Crippen LogP contribution in [-0.2, 0) is 20.7 Å². The monoisotopic (exact) mass is 681 g/mol. The summed E-state index contributed by atoms with van der Waals surface area (Å²) in [6.45, 7) is 6.93. The lowest BCUT2D eigenvalue weighted by atomic mass is 10.0. The Morgan fingerprint density at radius 1 is 0.940 bits per heavy atom. The van der Waals surface area contributed by atoms with Crippen molar-refractivity contribution < 1.29 is 28.5 Å². The van der Waals surface area contributed by atoms with Gasteiger partial charge in [-0.15, -0.1) is 0 Å². The summed E-state index contributed by atoms with van der Waals surface area (Å²) in [4.78, 5) is 30.2. The van der Waals surface area contributed by atoms with Crippen molar-refractivity contribution in [2.45, 2.75) is 26.2 Å². The normalized spacial score (nSPS) is 13.5. The molecule has 1 saturated heterocycles. The van der Waals surface area contributed by atoms with Gasteiger partial charge in [0.2, 0.25) is 11.8 Å². The fraction of sp³-hybridized carbons (Fsp3) is 0.359. The highest BCUT2D eigenvalue weighted by atomic mass is 16.5. The van der Waals surface area contributed by atoms with Gasteiger partial charge in [0, 0.05) is 57.4 Å². The van der Waals surface area contributed by atoms with Crippen molar-refractivity contribution >= 4 is 23.5 Å². The third-order valence-corrected chi connectivity index (χ3v) is 8.52. The van der Waals surface area contributed by atoms with Gasteiger partial charge in [0.25, 0.3) is 5.91 Å². The second-order valence-electron chi connectivity index (χ2n) is 12.3. The van der Waals surface area contributed by atoms with E-state index in [1.807, 2.05) is 79.7 Å². The number of aromatic nitrogens is 2. The molecule has 1 aliphatic rings. The van der Waals surface area contributed by atoms with Gasteiger partial charge in [-0.2, -0.15) is 5.10 Å². The summed E-state index contributed by atoms with van der Waals surface area (Å²) in [7, 11) is 6.63. The Morgan fingerprint density at radius 2 is 1.62 bits per heavy atom. The Kier molecular flexibility index (Phi) is 12.7. The molecule has 1 aliphatic heterocycles. The van der Waals surface area contributed by atoms with Crippen LogP contribution < -0.4 is 19.5 Å². The van der Waals surface area contributed by atoms with E-state index in [1.54, 1.807) is 44.0 Å². The highest BCUT2D eigenvalue weighted by molar-refractivity contribution is 6.24. The van der Waals surface area contributed by atoms with Gasteiger partial charge in [0.15, 0.2) is 0 Å². The van der Waals surface area contributed by atoms with E-state index >= 15 is 0 Å². The molecule has 5 rings (SSSR count). The number of aryl methyl sites for hydroxylation is 1. The molecule has 0 spiro atoms. The van der Waals surface area contributed by atoms with Crippen LogP contribution in [0.4, 0.5) is 0 Å². The number of hydrogen-bond donors (Lipinski definition) is 1. The summed E-state index contributed by atoms with van der Waals surface area (Å²) in [5.41, 5.74) is 4.47. The molecular formula is C39H47N5O6. The number of benzene rings is 3. The Hall–Kier alpha value is -5.13. The lowest BCUT2D eigenvalue weighted by molar-refractivity contribution is -0.122. The molecule has 1 aromatic heterocycles. The van der Waals surface area contributed by atoms with E-state index in [2.05, 4.69) is 10.2 Å². The number of carbonyl (C=O) groups is 2. The molecular weight excluding hydrogens is 634 g/mol. The number of likely N-dealkylation sites (N-methyl/N-ethyl adjacent to an activating group) is 1. The van der Waals surface area contributed by atoms with E-state index in [-0.39, 0.29) is 11.8 Å². The standard InChI is InChI=1S/C39H47N5O6/c1-28-35(16-17-37(45)40-18-9-19-43-20-22-49-23-21-43)39(44(41-28)31-10-7-6-8-11-31)50-32-14-12-30(13-15-32)36(38(46)42(2)3)26-29-24-33(47-4)27-34(25-29)48-5/h6-8,10-15,24-27H,9,16-23H2,1-5H3,(H,40,45). The highest BCUT2D eigenvalue weighted by Crippen LogP contribution is 2.33. The molecule has 50 heavy (non-hydrogen) atoms. The molecule has 0 saturated carbocycles. The predicted molar refractivity (Wildman–Crippen MR) is 194 cm³/mol. The summed E-state index contributed by atoms with van der Waals surface area (Å²) in [5.74, 6) is 2.20. The second-order valence-corrected chi connectivity index (χ2v) is 12.3. The molecule has 0 radical (unpaired) electrons. The smallest absolute Gasteiger partial charge is 0.253 e. The maximum absolute atomic E-state index is 13.4. The van der Waals surface area contributed by atoms with Crippen molar-refractivity contribution in [1.82, 2.24) is 24.9 Å². The molecule has 2 amide bonds. The number of rotatable bonds is 15. The zero-order valence-electron chi connectivity index (χ0n) is 29.6. The van der Waals surface area contributed by atoms with E-state index in [0.717, 1.165) is 67.3 Å². The van der Waals surface area contributed by atoms with E-state index in [1.165, 1.54) is 0 Å². The fourth-order valence-corrected chi connectivity index (χ4v) is 5.76. The summed E-state index contributed by atoms with van der Waals surface area (Å²) >= 11 is 0. The van der Waals surface area contributed by atoms with Crippen molar-refractivity contribution in [1.29, 1.82) is 0 Å². The number of carbonyl (C=O) groups excluding carboxylic acids is 2. The molecule has 0 atom stereocenters. The third kappa shape index (κ3) is 9.52. The average Bonchev–Trinajstić information content (AvgIpc) is 3.45. The minimum Gasteiger partial charge on any atom is -0.497 e. The lowest BCUT2D eigenvalue weighted by Gasteiger charge is -2.26. The Bertz CT molecular complexity index is 1740. The average molecular weight is 682 g/mol. The first-order chi connectivity index (χ1) is 24.2. The maximum Gasteiger partial charge on any atom is 0.253 e. The largest absolute Gasteiger partial charge is 0.497 e. The van der Waals surface area contributed by atoms with Crippen LogP contribution in [0.25, 0.3) is 17.3 Å². The van der Waals surface area contributed by atoms with Crippen molar-refractivity contribution in [3.05, 3.63) is 95.2 Å². The van der Waals surface area contributed by atoms with Crippen LogP contribution in [0, 0.1) is 6.92 Å². The number of morpholine rings is 1. The first-order valence-corrected chi connectivity index (χ1v) is 16.9. The zero-order chi connectivity index (χ0) is 35.5. The van der Waals surface area contributed by atoms with Crippen LogP contribution in [0.5, 0.6) is 23.1 Å². The van der Waals surface area contributed by atoms with Crippen LogP contribution >= 0.6 is 0 Å². The molecule has 11 nitrogen and oxygen atoms in total. The van der Waals surface area contributed by atoms with Crippen LogP contribution in [-0.4, -0.2) is 99.1 Å². The highest BCUT2D eigenvalue weighted by Gasteiger charge is 2.21. The summed E-state index contributed by atoms with van der Waals surface area (Å²) in [6.07, 6.45) is 3.49. The number of nitrogens with one attached hydrogen (secondary N) is 1. The molecule has 4 aromatic rings. The molecule has 1 fully saturated rings. The summed E-state index contributed by atoms with van der Waals surface area (Å²) in [5, 5.41) is 7.88. The number of nitrogens with zero attached hydrogens (tertiary/aromatic N) is 4. The van der Waals surface area contributed by atoms with Crippen LogP contribution in [0.1, 0.15) is 35.2 Å². The summed E-state index contributed by atoms with van der Waals surface area (Å²) < 4.78 is 24.6. The van der Waals surface area contributed by atoms with E-state index < -0.39 is 0 Å². The van der Waals surface area contributed by atoms with Gasteiger partial charge in [-0.05, 0) is 79.9 Å². The van der Waals surface area contributed by atoms with Gasteiger partial charge in [-0.25, -0.2) is 4.68 Å². The van der Waals surface area contributed by atoms with E-state index in [9.17, 15) is 9.59 Å². The molecule has 0 aliphatic carbocycles. The maximum atomic E-state index is 13.4. The van der Waals surface area contributed by atoms with Crippen molar-refractivity contribution in [3.8, 4) is 28.8 Å². The van der Waals surface area contributed by atoms with Crippen molar-refractivity contribution in [3.63, 3.8) is 0 Å². The lowest BCUT2D eigenvalue weighted by Crippen LogP contribution is -2.38. The topological polar surface area (TPSA) is 107 Å².